The van der Waals surface area contributed by atoms with E-state index in [0.29, 0.717) is 5.69 Å². The van der Waals surface area contributed by atoms with Crippen LogP contribution >= 0.6 is 0 Å². The van der Waals surface area contributed by atoms with Crippen LogP contribution in [0.3, 0.4) is 0 Å². The maximum Gasteiger partial charge on any atom is 0.269 e. The molecule has 0 heterocycles. The molecule has 2 aromatic carbocycles. The van der Waals surface area contributed by atoms with Crippen LogP contribution in [0.1, 0.15) is 31.9 Å². The first-order chi connectivity index (χ1) is 11.3. The number of non-ortho nitro benzene ring substituents is 1. The van der Waals surface area contributed by atoms with E-state index in [2.05, 4.69) is 26.1 Å². The van der Waals surface area contributed by atoms with E-state index in [4.69, 9.17) is 0 Å². The van der Waals surface area contributed by atoms with Gasteiger partial charge in [-0.1, -0.05) is 45.0 Å². The molecule has 5 nitrogen and oxygen atoms in total. The fourth-order valence-electron chi connectivity index (χ4n) is 2.12. The van der Waals surface area contributed by atoms with Gasteiger partial charge in [0.15, 0.2) is 0 Å². The highest BCUT2D eigenvalue weighted by Gasteiger charge is 2.12. The van der Waals surface area contributed by atoms with Crippen molar-refractivity contribution in [2.75, 3.05) is 5.32 Å². The molecule has 0 atom stereocenters. The van der Waals surface area contributed by atoms with Gasteiger partial charge in [0, 0.05) is 23.9 Å². The van der Waals surface area contributed by atoms with Gasteiger partial charge in [0.2, 0.25) is 5.91 Å². The summed E-state index contributed by atoms with van der Waals surface area (Å²) in [7, 11) is 0. The molecule has 0 aliphatic heterocycles. The third kappa shape index (κ3) is 4.78. The lowest BCUT2D eigenvalue weighted by atomic mass is 9.87. The van der Waals surface area contributed by atoms with Gasteiger partial charge < -0.3 is 5.32 Å². The molecule has 2 aromatic rings. The van der Waals surface area contributed by atoms with Crippen LogP contribution in [0.2, 0.25) is 0 Å². The Bertz CT molecular complexity index is 755. The molecule has 0 radical (unpaired) electrons. The Morgan fingerprint density at radius 1 is 1.04 bits per heavy atom. The fraction of sp³-hybridized carbons (Fsp3) is 0.211. The molecule has 0 bridgehead atoms. The Hall–Kier alpha value is -2.95. The number of nitro benzene ring substituents is 1. The number of rotatable bonds is 4. The molecule has 2 rings (SSSR count). The quantitative estimate of drug-likeness (QED) is 0.509. The van der Waals surface area contributed by atoms with Crippen LogP contribution in [-0.2, 0) is 10.2 Å². The highest BCUT2D eigenvalue weighted by atomic mass is 16.6. The van der Waals surface area contributed by atoms with Crippen LogP contribution in [0.15, 0.2) is 54.6 Å². The third-order valence-electron chi connectivity index (χ3n) is 3.55. The van der Waals surface area contributed by atoms with E-state index in [0.717, 1.165) is 5.56 Å². The SMILES string of the molecule is CC(C)(C)c1ccc(C=CC(=O)Nc2ccc([N+](=O)[O-])cc2)cc1. The lowest BCUT2D eigenvalue weighted by Crippen LogP contribution is -2.10. The van der Waals surface area contributed by atoms with Crippen LogP contribution < -0.4 is 5.32 Å². The normalized spacial score (nSPS) is 11.5. The van der Waals surface area contributed by atoms with Crippen molar-refractivity contribution in [3.63, 3.8) is 0 Å². The van der Waals surface area contributed by atoms with Crippen molar-refractivity contribution in [2.24, 2.45) is 0 Å². The van der Waals surface area contributed by atoms with Crippen molar-refractivity contribution in [3.8, 4) is 0 Å². The summed E-state index contributed by atoms with van der Waals surface area (Å²) in [6.45, 7) is 6.44. The van der Waals surface area contributed by atoms with Gasteiger partial charge >= 0.3 is 0 Å². The van der Waals surface area contributed by atoms with Crippen molar-refractivity contribution in [1.82, 2.24) is 0 Å². The second kappa shape index (κ2) is 7.08. The summed E-state index contributed by atoms with van der Waals surface area (Å²) in [5, 5.41) is 13.3. The molecule has 0 saturated carbocycles. The third-order valence-corrected chi connectivity index (χ3v) is 3.55. The molecule has 0 aromatic heterocycles. The van der Waals surface area contributed by atoms with Crippen molar-refractivity contribution in [3.05, 3.63) is 75.8 Å². The molecule has 0 aliphatic carbocycles. The monoisotopic (exact) mass is 324 g/mol. The minimum absolute atomic E-state index is 0.0116. The molecular weight excluding hydrogens is 304 g/mol. The summed E-state index contributed by atoms with van der Waals surface area (Å²) < 4.78 is 0. The minimum Gasteiger partial charge on any atom is -0.323 e. The zero-order valence-electron chi connectivity index (χ0n) is 13.9. The van der Waals surface area contributed by atoms with Crippen LogP contribution in [0.5, 0.6) is 0 Å². The topological polar surface area (TPSA) is 72.2 Å². The van der Waals surface area contributed by atoms with Gasteiger partial charge in [0.25, 0.3) is 5.69 Å². The smallest absolute Gasteiger partial charge is 0.269 e. The summed E-state index contributed by atoms with van der Waals surface area (Å²) in [4.78, 5) is 22.0. The number of anilines is 1. The predicted molar refractivity (Wildman–Crippen MR) is 95.9 cm³/mol. The Balaban J connectivity index is 1.98. The van der Waals surface area contributed by atoms with E-state index in [1.807, 2.05) is 24.3 Å². The van der Waals surface area contributed by atoms with E-state index >= 15 is 0 Å². The average Bonchev–Trinajstić information content (AvgIpc) is 2.53. The molecule has 5 heteroatoms. The first-order valence-electron chi connectivity index (χ1n) is 7.60. The molecule has 1 N–H and O–H groups in total. The number of nitrogens with one attached hydrogen (secondary N) is 1. The number of amides is 1. The van der Waals surface area contributed by atoms with Crippen LogP contribution in [-0.4, -0.2) is 10.8 Å². The second-order valence-electron chi connectivity index (χ2n) is 6.50. The largest absolute Gasteiger partial charge is 0.323 e. The lowest BCUT2D eigenvalue weighted by molar-refractivity contribution is -0.384. The molecule has 0 spiro atoms. The standard InChI is InChI=1S/C19H20N2O3/c1-19(2,3)15-7-4-14(5-8-15)6-13-18(22)20-16-9-11-17(12-10-16)21(23)24/h4-13H,1-3H3,(H,20,22). The molecular formula is C19H20N2O3. The molecule has 124 valence electrons. The number of hydrogen-bond acceptors (Lipinski definition) is 3. The van der Waals surface area contributed by atoms with Crippen LogP contribution in [0, 0.1) is 10.1 Å². The Morgan fingerprint density at radius 2 is 1.62 bits per heavy atom. The highest BCUT2D eigenvalue weighted by Crippen LogP contribution is 2.22. The molecule has 0 aliphatic rings. The summed E-state index contributed by atoms with van der Waals surface area (Å²) in [5.74, 6) is -0.288. The Labute approximate surface area is 141 Å². The van der Waals surface area contributed by atoms with E-state index in [1.54, 1.807) is 6.08 Å². The van der Waals surface area contributed by atoms with Crippen molar-refractivity contribution < 1.29 is 9.72 Å². The number of carbonyl (C=O) groups is 1. The molecule has 24 heavy (non-hydrogen) atoms. The second-order valence-corrected chi connectivity index (χ2v) is 6.50. The lowest BCUT2D eigenvalue weighted by Gasteiger charge is -2.18. The number of nitro groups is 1. The first kappa shape index (κ1) is 17.4. The number of nitrogens with zero attached hydrogens (tertiary/aromatic N) is 1. The van der Waals surface area contributed by atoms with E-state index in [1.165, 1.54) is 35.9 Å². The first-order valence-corrected chi connectivity index (χ1v) is 7.60. The molecule has 0 saturated heterocycles. The highest BCUT2D eigenvalue weighted by molar-refractivity contribution is 6.01. The van der Waals surface area contributed by atoms with E-state index in [9.17, 15) is 14.9 Å². The summed E-state index contributed by atoms with van der Waals surface area (Å²) in [6.07, 6.45) is 3.17. The zero-order chi connectivity index (χ0) is 17.7. The van der Waals surface area contributed by atoms with Crippen molar-refractivity contribution >= 4 is 23.4 Å². The van der Waals surface area contributed by atoms with Crippen LogP contribution in [0.4, 0.5) is 11.4 Å². The number of benzene rings is 2. The maximum atomic E-state index is 11.9. The molecule has 1 amide bonds. The zero-order valence-corrected chi connectivity index (χ0v) is 13.9. The van der Waals surface area contributed by atoms with E-state index < -0.39 is 4.92 Å². The Kier molecular flexibility index (Phi) is 5.14. The summed E-state index contributed by atoms with van der Waals surface area (Å²) in [6, 6.07) is 13.7. The predicted octanol–water partition coefficient (Wildman–Crippen LogP) is 4.54. The van der Waals surface area contributed by atoms with Gasteiger partial charge in [-0.2, -0.15) is 0 Å². The van der Waals surface area contributed by atoms with Gasteiger partial charge in [-0.3, -0.25) is 14.9 Å². The van der Waals surface area contributed by atoms with Gasteiger partial charge in [-0.25, -0.2) is 0 Å². The summed E-state index contributed by atoms with van der Waals surface area (Å²) >= 11 is 0. The summed E-state index contributed by atoms with van der Waals surface area (Å²) in [5.41, 5.74) is 2.76. The van der Waals surface area contributed by atoms with Gasteiger partial charge in [0.1, 0.15) is 0 Å². The van der Waals surface area contributed by atoms with Gasteiger partial charge in [-0.15, -0.1) is 0 Å². The van der Waals surface area contributed by atoms with Crippen molar-refractivity contribution in [2.45, 2.75) is 26.2 Å². The van der Waals surface area contributed by atoms with E-state index in [-0.39, 0.29) is 17.0 Å². The fourth-order valence-corrected chi connectivity index (χ4v) is 2.12. The van der Waals surface area contributed by atoms with Gasteiger partial charge in [-0.05, 0) is 34.8 Å². The van der Waals surface area contributed by atoms with Crippen molar-refractivity contribution in [1.29, 1.82) is 0 Å². The number of hydrogen-bond donors (Lipinski definition) is 1. The van der Waals surface area contributed by atoms with Crippen LogP contribution in [0.25, 0.3) is 6.08 Å². The Morgan fingerprint density at radius 3 is 2.12 bits per heavy atom. The molecule has 0 fully saturated rings. The minimum atomic E-state index is -0.479. The average molecular weight is 324 g/mol. The number of carbonyl (C=O) groups excluding carboxylic acids is 1. The van der Waals surface area contributed by atoms with Gasteiger partial charge in [0.05, 0.1) is 4.92 Å². The maximum absolute atomic E-state index is 11.9. The molecule has 0 unspecified atom stereocenters.